The van der Waals surface area contributed by atoms with Gasteiger partial charge in [0, 0.05) is 24.3 Å². The average molecular weight is 185 g/mol. The molecule has 0 amide bonds. The van der Waals surface area contributed by atoms with Gasteiger partial charge in [0.25, 0.3) is 0 Å². The van der Waals surface area contributed by atoms with Crippen LogP contribution < -0.4 is 0 Å². The highest BCUT2D eigenvalue weighted by molar-refractivity contribution is 5.78. The van der Waals surface area contributed by atoms with Crippen LogP contribution in [0.1, 0.15) is 32.6 Å². The van der Waals surface area contributed by atoms with Gasteiger partial charge in [-0.1, -0.05) is 5.11 Å². The van der Waals surface area contributed by atoms with E-state index in [1.54, 1.807) is 6.92 Å². The van der Waals surface area contributed by atoms with Crippen LogP contribution in [0.2, 0.25) is 0 Å². The van der Waals surface area contributed by atoms with Gasteiger partial charge in [0.05, 0.1) is 6.10 Å². The maximum atomic E-state index is 11.0. The second kappa shape index (κ2) is 7.58. The number of hydrogen-bond acceptors (Lipinski definition) is 3. The Kier molecular flexibility index (Phi) is 6.96. The zero-order chi connectivity index (χ0) is 10.1. The number of carbonyl (C=O) groups excluding carboxylic acids is 1. The first-order valence-electron chi connectivity index (χ1n) is 4.37. The number of carbonyl (C=O) groups is 1. The molecule has 0 aromatic heterocycles. The summed E-state index contributed by atoms with van der Waals surface area (Å²) in [5, 5.41) is 12.2. The quantitative estimate of drug-likeness (QED) is 0.284. The van der Waals surface area contributed by atoms with Gasteiger partial charge in [-0.2, -0.15) is 0 Å². The summed E-state index contributed by atoms with van der Waals surface area (Å²) in [5.41, 5.74) is 7.95. The molecule has 0 rings (SSSR count). The maximum Gasteiger partial charge on any atom is 0.135 e. The minimum absolute atomic E-state index is 0.0657. The highest BCUT2D eigenvalue weighted by Crippen LogP contribution is 2.01. The molecule has 5 nitrogen and oxygen atoms in total. The zero-order valence-electron chi connectivity index (χ0n) is 7.81. The summed E-state index contributed by atoms with van der Waals surface area (Å²) in [6.07, 6.45) is 1.60. The molecular formula is C8H15N3O2. The zero-order valence-corrected chi connectivity index (χ0v) is 7.81. The van der Waals surface area contributed by atoms with E-state index in [1.165, 1.54) is 0 Å². The lowest BCUT2D eigenvalue weighted by atomic mass is 10.1. The average Bonchev–Trinajstić information content (AvgIpc) is 2.02. The van der Waals surface area contributed by atoms with E-state index in [-0.39, 0.29) is 12.2 Å². The second-order valence-electron chi connectivity index (χ2n) is 3.00. The Hall–Kier alpha value is -1.06. The van der Waals surface area contributed by atoms with Crippen LogP contribution in [0.5, 0.6) is 0 Å². The number of aliphatic hydroxyl groups is 1. The number of unbranched alkanes of at least 4 members (excludes halogenated alkanes) is 1. The van der Waals surface area contributed by atoms with Gasteiger partial charge in [-0.25, -0.2) is 0 Å². The fourth-order valence-electron chi connectivity index (χ4n) is 0.981. The number of aliphatic hydroxyl groups excluding tert-OH is 1. The smallest absolute Gasteiger partial charge is 0.135 e. The summed E-state index contributed by atoms with van der Waals surface area (Å²) in [5.74, 6) is 0.0657. The van der Waals surface area contributed by atoms with Gasteiger partial charge in [-0.15, -0.1) is 0 Å². The molecule has 0 fully saturated rings. The largest absolute Gasteiger partial charge is 0.393 e. The van der Waals surface area contributed by atoms with E-state index in [1.807, 2.05) is 0 Å². The van der Waals surface area contributed by atoms with E-state index >= 15 is 0 Å². The van der Waals surface area contributed by atoms with Crippen LogP contribution in [-0.4, -0.2) is 23.5 Å². The summed E-state index contributed by atoms with van der Waals surface area (Å²) in [6.45, 7) is 2.04. The van der Waals surface area contributed by atoms with Crippen molar-refractivity contribution in [2.24, 2.45) is 5.11 Å². The van der Waals surface area contributed by atoms with Crippen molar-refractivity contribution in [1.82, 2.24) is 0 Å². The Morgan fingerprint density at radius 2 is 2.31 bits per heavy atom. The summed E-state index contributed by atoms with van der Waals surface area (Å²) < 4.78 is 0. The molecule has 0 saturated heterocycles. The number of ketones is 1. The van der Waals surface area contributed by atoms with Crippen LogP contribution in [0, 0.1) is 0 Å². The highest BCUT2D eigenvalue weighted by Gasteiger charge is 2.04. The molecule has 5 heteroatoms. The van der Waals surface area contributed by atoms with E-state index < -0.39 is 6.10 Å². The van der Waals surface area contributed by atoms with Crippen molar-refractivity contribution in [2.75, 3.05) is 6.54 Å². The predicted molar refractivity (Wildman–Crippen MR) is 49.2 cm³/mol. The topological polar surface area (TPSA) is 86.1 Å². The Labute approximate surface area is 77.4 Å². The van der Waals surface area contributed by atoms with Crippen molar-refractivity contribution in [1.29, 1.82) is 0 Å². The molecule has 0 spiro atoms. The lowest BCUT2D eigenvalue weighted by Crippen LogP contribution is -2.08. The van der Waals surface area contributed by atoms with Crippen molar-refractivity contribution in [2.45, 2.75) is 38.7 Å². The molecule has 0 aromatic rings. The first-order chi connectivity index (χ1) is 6.16. The Morgan fingerprint density at radius 3 is 2.85 bits per heavy atom. The number of azide groups is 1. The molecule has 0 aliphatic heterocycles. The minimum atomic E-state index is -0.551. The van der Waals surface area contributed by atoms with E-state index in [4.69, 9.17) is 10.6 Å². The van der Waals surface area contributed by atoms with Crippen LogP contribution in [0.3, 0.4) is 0 Å². The van der Waals surface area contributed by atoms with E-state index in [9.17, 15) is 4.79 Å². The Balaban J connectivity index is 3.32. The lowest BCUT2D eigenvalue weighted by molar-refractivity contribution is -0.120. The first-order valence-corrected chi connectivity index (χ1v) is 4.37. The third-order valence-electron chi connectivity index (χ3n) is 1.55. The molecule has 0 heterocycles. The number of Topliss-reactive ketones (excluding diaryl/α,β-unsaturated/α-hetero) is 1. The second-order valence-corrected chi connectivity index (χ2v) is 3.00. The molecular weight excluding hydrogens is 170 g/mol. The van der Waals surface area contributed by atoms with Crippen molar-refractivity contribution in [3.63, 3.8) is 0 Å². The molecule has 0 bridgehead atoms. The van der Waals surface area contributed by atoms with Gasteiger partial charge in [-0.05, 0) is 25.3 Å². The van der Waals surface area contributed by atoms with Crippen molar-refractivity contribution in [3.8, 4) is 0 Å². The standard InChI is InChI=1S/C8H15N3O2/c1-7(12)6-8(13)4-2-3-5-10-11-9/h7,12H,2-6H2,1H3. The highest BCUT2D eigenvalue weighted by atomic mass is 16.3. The summed E-state index contributed by atoms with van der Waals surface area (Å²) in [7, 11) is 0. The molecule has 74 valence electrons. The molecule has 1 atom stereocenters. The molecule has 0 aliphatic rings. The number of hydrogen-bond donors (Lipinski definition) is 1. The molecule has 13 heavy (non-hydrogen) atoms. The third kappa shape index (κ3) is 8.85. The molecule has 0 saturated carbocycles. The van der Waals surface area contributed by atoms with Gasteiger partial charge >= 0.3 is 0 Å². The Bertz CT molecular complexity index is 198. The summed E-state index contributed by atoms with van der Waals surface area (Å²) in [4.78, 5) is 13.6. The molecule has 0 aromatic carbocycles. The fraction of sp³-hybridized carbons (Fsp3) is 0.875. The molecule has 0 aliphatic carbocycles. The third-order valence-corrected chi connectivity index (χ3v) is 1.55. The molecule has 1 unspecified atom stereocenters. The first kappa shape index (κ1) is 11.9. The fourth-order valence-corrected chi connectivity index (χ4v) is 0.981. The SMILES string of the molecule is CC(O)CC(=O)CCCCN=[N+]=[N-]. The van der Waals surface area contributed by atoms with Crippen molar-refractivity contribution in [3.05, 3.63) is 10.4 Å². The van der Waals surface area contributed by atoms with Crippen molar-refractivity contribution < 1.29 is 9.90 Å². The van der Waals surface area contributed by atoms with Crippen LogP contribution in [-0.2, 0) is 4.79 Å². The predicted octanol–water partition coefficient (Wildman–Crippen LogP) is 1.81. The summed E-state index contributed by atoms with van der Waals surface area (Å²) in [6, 6.07) is 0. The van der Waals surface area contributed by atoms with Crippen LogP contribution >= 0.6 is 0 Å². The molecule has 0 radical (unpaired) electrons. The normalized spacial score (nSPS) is 11.8. The van der Waals surface area contributed by atoms with Crippen LogP contribution in [0.25, 0.3) is 10.4 Å². The Morgan fingerprint density at radius 1 is 1.62 bits per heavy atom. The minimum Gasteiger partial charge on any atom is -0.393 e. The van der Waals surface area contributed by atoms with Crippen LogP contribution in [0.15, 0.2) is 5.11 Å². The monoisotopic (exact) mass is 185 g/mol. The van der Waals surface area contributed by atoms with Gasteiger partial charge in [0.2, 0.25) is 0 Å². The number of rotatable bonds is 7. The van der Waals surface area contributed by atoms with E-state index in [0.29, 0.717) is 13.0 Å². The van der Waals surface area contributed by atoms with E-state index in [2.05, 4.69) is 10.0 Å². The van der Waals surface area contributed by atoms with Gasteiger partial charge in [0.15, 0.2) is 0 Å². The maximum absolute atomic E-state index is 11.0. The molecule has 1 N–H and O–H groups in total. The van der Waals surface area contributed by atoms with Gasteiger partial charge < -0.3 is 5.11 Å². The number of nitrogens with zero attached hydrogens (tertiary/aromatic N) is 3. The summed E-state index contributed by atoms with van der Waals surface area (Å²) >= 11 is 0. The van der Waals surface area contributed by atoms with E-state index in [0.717, 1.165) is 12.8 Å². The van der Waals surface area contributed by atoms with Gasteiger partial charge in [-0.3, -0.25) is 4.79 Å². The van der Waals surface area contributed by atoms with Crippen molar-refractivity contribution >= 4 is 5.78 Å². The van der Waals surface area contributed by atoms with Gasteiger partial charge in [0.1, 0.15) is 5.78 Å². The van der Waals surface area contributed by atoms with Crippen LogP contribution in [0.4, 0.5) is 0 Å². The lowest BCUT2D eigenvalue weighted by Gasteiger charge is -2.01.